The molecule has 0 aliphatic rings. The van der Waals surface area contributed by atoms with Gasteiger partial charge in [-0.05, 0) is 64.9 Å². The highest BCUT2D eigenvalue weighted by Crippen LogP contribution is 2.38. The van der Waals surface area contributed by atoms with Gasteiger partial charge in [-0.1, -0.05) is 103 Å². The van der Waals surface area contributed by atoms with Crippen LogP contribution in [-0.2, 0) is 9.59 Å². The van der Waals surface area contributed by atoms with E-state index >= 15 is 0 Å². The Morgan fingerprint density at radius 2 is 1.46 bits per heavy atom. The van der Waals surface area contributed by atoms with Crippen molar-refractivity contribution in [2.24, 2.45) is 0 Å². The smallest absolute Gasteiger partial charge is 0.272 e. The number of rotatable bonds is 13. The lowest BCUT2D eigenvalue weighted by atomic mass is 10.1. The molecule has 7 aromatic rings. The fourth-order valence-electron chi connectivity index (χ4n) is 5.99. The van der Waals surface area contributed by atoms with Crippen LogP contribution >= 0.6 is 23.1 Å². The fraction of sp³-hybridized carbons (Fsp3) is 0.0667. The van der Waals surface area contributed by atoms with Crippen LogP contribution in [0.25, 0.3) is 28.1 Å². The molecule has 6 aromatic carbocycles. The largest absolute Gasteiger partial charge is 0.493 e. The van der Waals surface area contributed by atoms with Crippen LogP contribution in [0.1, 0.15) is 26.7 Å². The summed E-state index contributed by atoms with van der Waals surface area (Å²) in [5, 5.41) is 12.8. The summed E-state index contributed by atoms with van der Waals surface area (Å²) >= 11 is 2.71. The van der Waals surface area contributed by atoms with Gasteiger partial charge in [0.15, 0.2) is 16.6 Å². The minimum Gasteiger partial charge on any atom is -0.493 e. The summed E-state index contributed by atoms with van der Waals surface area (Å²) in [6.07, 6.45) is 1.54. The Bertz CT molecular complexity index is 2540. The van der Waals surface area contributed by atoms with E-state index in [4.69, 9.17) is 14.5 Å². The van der Waals surface area contributed by atoms with E-state index in [-0.39, 0.29) is 11.6 Å². The highest BCUT2D eigenvalue weighted by Gasteiger charge is 2.24. The second-order valence-electron chi connectivity index (χ2n) is 12.4. The van der Waals surface area contributed by atoms with Gasteiger partial charge >= 0.3 is 0 Å². The Kier molecular flexibility index (Phi) is 11.8. The van der Waals surface area contributed by atoms with Crippen LogP contribution in [0, 0.1) is 0 Å². The topological polar surface area (TPSA) is 119 Å². The maximum absolute atomic E-state index is 14.0. The van der Waals surface area contributed by atoms with Gasteiger partial charge in [-0.25, -0.2) is 4.98 Å². The quantitative estimate of drug-likeness (QED) is 0.0788. The zero-order valence-electron chi connectivity index (χ0n) is 30.4. The van der Waals surface area contributed by atoms with Gasteiger partial charge in [-0.3, -0.25) is 14.4 Å². The van der Waals surface area contributed by atoms with Gasteiger partial charge in [-0.2, -0.15) is 0 Å². The summed E-state index contributed by atoms with van der Waals surface area (Å²) in [6, 6.07) is 44.9. The molecular weight excluding hydrogens is 741 g/mol. The van der Waals surface area contributed by atoms with Crippen LogP contribution in [-0.4, -0.2) is 36.9 Å². The number of fused-ring (bicyclic) bond motifs is 1. The summed E-state index contributed by atoms with van der Waals surface area (Å²) in [6.45, 7) is 0. The van der Waals surface area contributed by atoms with Crippen LogP contribution in [0.2, 0.25) is 0 Å². The molecule has 3 N–H and O–H groups in total. The second-order valence-corrected chi connectivity index (χ2v) is 14.5. The number of nitrogens with one attached hydrogen (secondary N) is 3. The summed E-state index contributed by atoms with van der Waals surface area (Å²) in [7, 11) is 3.03. The lowest BCUT2D eigenvalue weighted by Crippen LogP contribution is -2.30. The molecule has 278 valence electrons. The van der Waals surface area contributed by atoms with E-state index in [0.29, 0.717) is 33.4 Å². The molecule has 56 heavy (non-hydrogen) atoms. The third-order valence-corrected chi connectivity index (χ3v) is 10.7. The number of thiazole rings is 1. The van der Waals surface area contributed by atoms with Crippen molar-refractivity contribution in [3.63, 3.8) is 0 Å². The summed E-state index contributed by atoms with van der Waals surface area (Å²) in [5.74, 6) is -0.391. The van der Waals surface area contributed by atoms with Crippen LogP contribution in [0.5, 0.6) is 11.5 Å². The molecule has 0 fully saturated rings. The van der Waals surface area contributed by atoms with Crippen molar-refractivity contribution in [2.45, 2.75) is 10.1 Å². The summed E-state index contributed by atoms with van der Waals surface area (Å²) in [5.41, 5.74) is 3.90. The number of methoxy groups -OCH3 is 2. The maximum Gasteiger partial charge on any atom is 0.272 e. The molecule has 0 spiro atoms. The lowest BCUT2D eigenvalue weighted by molar-refractivity contribution is -0.116. The molecule has 0 radical (unpaired) electrons. The first-order valence-electron chi connectivity index (χ1n) is 17.6. The minimum absolute atomic E-state index is 0.0171. The number of aromatic nitrogens is 1. The molecule has 0 aliphatic heterocycles. The molecule has 1 atom stereocenters. The second kappa shape index (κ2) is 17.6. The number of benzene rings is 6. The van der Waals surface area contributed by atoms with Crippen molar-refractivity contribution in [1.82, 2.24) is 10.3 Å². The molecule has 3 amide bonds. The normalized spacial score (nSPS) is 11.7. The number of para-hydroxylation sites is 1. The first-order chi connectivity index (χ1) is 27.4. The van der Waals surface area contributed by atoms with E-state index in [1.165, 1.54) is 43.4 Å². The van der Waals surface area contributed by atoms with Gasteiger partial charge in [0.05, 0.1) is 19.9 Å². The van der Waals surface area contributed by atoms with Crippen molar-refractivity contribution in [2.75, 3.05) is 24.9 Å². The molecule has 0 saturated heterocycles. The van der Waals surface area contributed by atoms with Crippen LogP contribution in [0.4, 0.5) is 10.8 Å². The Balaban J connectivity index is 1.12. The molecule has 1 aromatic heterocycles. The predicted octanol–water partition coefficient (Wildman–Crippen LogP) is 9.86. The van der Waals surface area contributed by atoms with E-state index in [9.17, 15) is 14.4 Å². The molecule has 7 rings (SSSR count). The molecule has 1 heterocycles. The SMILES string of the molecule is COc1cccc(/C=C(/NC(=O)c2ccccc2)C(=O)Nc2cccc(SC(C(=O)Nc3nc(-c4ccc5ccccc5c4)cs3)c3ccccc3)c2)c1OC. The van der Waals surface area contributed by atoms with Crippen molar-refractivity contribution < 1.29 is 23.9 Å². The first kappa shape index (κ1) is 37.6. The Morgan fingerprint density at radius 3 is 2.23 bits per heavy atom. The number of nitrogens with zero attached hydrogens (tertiary/aromatic N) is 1. The van der Waals surface area contributed by atoms with E-state index in [0.717, 1.165) is 32.5 Å². The fourth-order valence-corrected chi connectivity index (χ4v) is 7.80. The zero-order valence-corrected chi connectivity index (χ0v) is 32.0. The average Bonchev–Trinajstić information content (AvgIpc) is 3.71. The van der Waals surface area contributed by atoms with E-state index in [1.54, 1.807) is 66.7 Å². The number of carbonyl (C=O) groups is 3. The molecule has 9 nitrogen and oxygen atoms in total. The number of amides is 3. The summed E-state index contributed by atoms with van der Waals surface area (Å²) in [4.78, 5) is 46.7. The molecule has 0 saturated carbocycles. The van der Waals surface area contributed by atoms with Crippen molar-refractivity contribution in [3.8, 4) is 22.8 Å². The lowest BCUT2D eigenvalue weighted by Gasteiger charge is -2.17. The minimum atomic E-state index is -0.642. The van der Waals surface area contributed by atoms with Crippen LogP contribution in [0.15, 0.2) is 162 Å². The average molecular weight is 777 g/mol. The molecular formula is C45H36N4O5S2. The van der Waals surface area contributed by atoms with Crippen molar-refractivity contribution >= 4 is 68.5 Å². The Labute approximate surface area is 332 Å². The molecule has 11 heteroatoms. The van der Waals surface area contributed by atoms with Crippen molar-refractivity contribution in [3.05, 3.63) is 173 Å². The Morgan fingerprint density at radius 1 is 0.732 bits per heavy atom. The van der Waals surface area contributed by atoms with Gasteiger partial charge in [0, 0.05) is 32.7 Å². The number of anilines is 2. The zero-order chi connectivity index (χ0) is 38.9. The van der Waals surface area contributed by atoms with Gasteiger partial charge in [0.1, 0.15) is 10.9 Å². The maximum atomic E-state index is 14.0. The van der Waals surface area contributed by atoms with Gasteiger partial charge in [-0.15, -0.1) is 23.1 Å². The van der Waals surface area contributed by atoms with Crippen LogP contribution < -0.4 is 25.4 Å². The first-order valence-corrected chi connectivity index (χ1v) is 19.3. The van der Waals surface area contributed by atoms with Gasteiger partial charge in [0.25, 0.3) is 11.8 Å². The standard InChI is InChI=1S/C45H36N4O5S2/c1-53-39-22-11-19-34(40(39)54-2)26-37(47-42(50)31-16-7-4-8-17-31)43(51)46-35-20-12-21-36(27-35)56-41(30-14-5-3-6-15-30)44(52)49-45-48-38(28-55-45)33-24-23-29-13-9-10-18-32(29)25-33/h3-28,41H,1-2H3,(H,46,51)(H,47,50)(H,48,49,52)/b37-26+. The molecule has 1 unspecified atom stereocenters. The van der Waals surface area contributed by atoms with Crippen LogP contribution in [0.3, 0.4) is 0 Å². The number of thioether (sulfide) groups is 1. The van der Waals surface area contributed by atoms with Gasteiger partial charge < -0.3 is 25.4 Å². The number of hydrogen-bond acceptors (Lipinski definition) is 8. The van der Waals surface area contributed by atoms with E-state index in [2.05, 4.69) is 40.2 Å². The number of hydrogen-bond donors (Lipinski definition) is 3. The van der Waals surface area contributed by atoms with Crippen molar-refractivity contribution in [1.29, 1.82) is 0 Å². The molecule has 0 aliphatic carbocycles. The number of carbonyl (C=O) groups excluding carboxylic acids is 3. The predicted molar refractivity (Wildman–Crippen MR) is 225 cm³/mol. The summed E-state index contributed by atoms with van der Waals surface area (Å²) < 4.78 is 11.0. The highest BCUT2D eigenvalue weighted by molar-refractivity contribution is 8.00. The highest BCUT2D eigenvalue weighted by atomic mass is 32.2. The number of ether oxygens (including phenoxy) is 2. The van der Waals surface area contributed by atoms with Gasteiger partial charge in [0.2, 0.25) is 5.91 Å². The third-order valence-electron chi connectivity index (χ3n) is 8.73. The van der Waals surface area contributed by atoms with E-state index in [1.807, 2.05) is 60.0 Å². The Hall–Kier alpha value is -6.69. The monoisotopic (exact) mass is 776 g/mol. The van der Waals surface area contributed by atoms with E-state index < -0.39 is 17.1 Å². The molecule has 0 bridgehead atoms. The third kappa shape index (κ3) is 8.98.